The average Bonchev–Trinajstić information content (AvgIpc) is 2.98. The molecule has 0 radical (unpaired) electrons. The van der Waals surface area contributed by atoms with E-state index in [0.717, 1.165) is 6.07 Å². The summed E-state index contributed by atoms with van der Waals surface area (Å²) >= 11 is 0. The minimum atomic E-state index is -4.88. The number of nitrogens with one attached hydrogen (secondary N) is 1. The molecule has 11 heteroatoms. The normalized spacial score (nSPS) is 11.8. The monoisotopic (exact) mass is 377 g/mol. The number of nitro benzene ring substituents is 1. The van der Waals surface area contributed by atoms with Gasteiger partial charge in [-0.2, -0.15) is 18.3 Å². The number of nitrogens with zero attached hydrogens (tertiary/aromatic N) is 4. The Labute approximate surface area is 148 Å². The van der Waals surface area contributed by atoms with Crippen LogP contribution in [0.2, 0.25) is 0 Å². The first-order chi connectivity index (χ1) is 12.8. The molecule has 0 saturated heterocycles. The third-order valence-corrected chi connectivity index (χ3v) is 3.47. The van der Waals surface area contributed by atoms with Gasteiger partial charge in [0.1, 0.15) is 0 Å². The number of benzene rings is 2. The molecule has 1 aromatic heterocycles. The molecule has 0 aliphatic heterocycles. The van der Waals surface area contributed by atoms with Crippen LogP contribution in [-0.2, 0) is 6.18 Å². The lowest BCUT2D eigenvalue weighted by molar-refractivity contribution is -0.384. The number of rotatable bonds is 4. The number of azo groups is 1. The largest absolute Gasteiger partial charge is 0.435 e. The molecule has 0 bridgehead atoms. The van der Waals surface area contributed by atoms with Gasteiger partial charge < -0.3 is 0 Å². The van der Waals surface area contributed by atoms with Crippen LogP contribution in [0.25, 0.3) is 5.69 Å². The van der Waals surface area contributed by atoms with Crippen LogP contribution in [0.15, 0.2) is 69.6 Å². The maximum atomic E-state index is 13.3. The molecular formula is C16H10F3N5O3. The van der Waals surface area contributed by atoms with Crippen LogP contribution in [0.4, 0.5) is 30.2 Å². The number of para-hydroxylation sites is 1. The van der Waals surface area contributed by atoms with Crippen LogP contribution in [-0.4, -0.2) is 14.7 Å². The second-order valence-electron chi connectivity index (χ2n) is 5.29. The fourth-order valence-electron chi connectivity index (χ4n) is 2.25. The van der Waals surface area contributed by atoms with Crippen molar-refractivity contribution in [1.29, 1.82) is 0 Å². The predicted molar refractivity (Wildman–Crippen MR) is 88.7 cm³/mol. The SMILES string of the molecule is O=c1c(N=Nc2cccc([N+](=O)[O-])c2)c(C(F)(F)F)[nH]n1-c1ccccc1. The van der Waals surface area contributed by atoms with Crippen molar-refractivity contribution in [2.75, 3.05) is 0 Å². The zero-order chi connectivity index (χ0) is 19.6. The lowest BCUT2D eigenvalue weighted by atomic mass is 10.3. The first-order valence-corrected chi connectivity index (χ1v) is 7.41. The molecule has 138 valence electrons. The van der Waals surface area contributed by atoms with Crippen molar-refractivity contribution < 1.29 is 18.1 Å². The minimum absolute atomic E-state index is 0.0656. The molecule has 3 rings (SSSR count). The van der Waals surface area contributed by atoms with E-state index in [0.29, 0.717) is 4.68 Å². The molecular weight excluding hydrogens is 367 g/mol. The van der Waals surface area contributed by atoms with E-state index in [1.807, 2.05) is 5.10 Å². The Morgan fingerprint density at radius 1 is 1.04 bits per heavy atom. The Balaban J connectivity index is 2.09. The van der Waals surface area contributed by atoms with Gasteiger partial charge in [0.05, 0.1) is 16.3 Å². The molecule has 1 N–H and O–H groups in total. The summed E-state index contributed by atoms with van der Waals surface area (Å²) in [6, 6.07) is 12.5. The summed E-state index contributed by atoms with van der Waals surface area (Å²) in [7, 11) is 0. The van der Waals surface area contributed by atoms with Gasteiger partial charge in [-0.25, -0.2) is 4.68 Å². The van der Waals surface area contributed by atoms with E-state index < -0.39 is 28.0 Å². The molecule has 3 aromatic rings. The molecule has 8 nitrogen and oxygen atoms in total. The lowest BCUT2D eigenvalue weighted by Crippen LogP contribution is -2.13. The lowest BCUT2D eigenvalue weighted by Gasteiger charge is -2.04. The number of alkyl halides is 3. The number of non-ortho nitro benzene ring substituents is 1. The standard InChI is InChI=1S/C16H10F3N5O3/c17-16(18,19)14-13(15(25)23(22-14)11-6-2-1-3-7-11)21-20-10-5-4-8-12(9-10)24(26)27/h1-9,22H. The van der Waals surface area contributed by atoms with Crippen LogP contribution in [0.1, 0.15) is 5.69 Å². The van der Waals surface area contributed by atoms with E-state index in [4.69, 9.17) is 0 Å². The summed E-state index contributed by atoms with van der Waals surface area (Å²) in [6.45, 7) is 0. The molecule has 0 spiro atoms. The topological polar surface area (TPSA) is 106 Å². The van der Waals surface area contributed by atoms with Crippen LogP contribution < -0.4 is 5.56 Å². The van der Waals surface area contributed by atoms with Crippen molar-refractivity contribution in [1.82, 2.24) is 9.78 Å². The Morgan fingerprint density at radius 2 is 1.74 bits per heavy atom. The maximum Gasteiger partial charge on any atom is 0.435 e. The molecule has 0 aliphatic carbocycles. The molecule has 0 fully saturated rings. The smallest absolute Gasteiger partial charge is 0.284 e. The summed E-state index contributed by atoms with van der Waals surface area (Å²) in [4.78, 5) is 22.5. The summed E-state index contributed by atoms with van der Waals surface area (Å²) in [5.41, 5.74) is -3.56. The van der Waals surface area contributed by atoms with Gasteiger partial charge in [0.25, 0.3) is 11.2 Å². The summed E-state index contributed by atoms with van der Waals surface area (Å²) < 4.78 is 40.5. The van der Waals surface area contributed by atoms with Gasteiger partial charge in [-0.3, -0.25) is 20.0 Å². The highest BCUT2D eigenvalue weighted by atomic mass is 19.4. The fraction of sp³-hybridized carbons (Fsp3) is 0.0625. The number of aromatic nitrogens is 2. The molecule has 2 aromatic carbocycles. The third kappa shape index (κ3) is 3.76. The highest BCUT2D eigenvalue weighted by Gasteiger charge is 2.38. The molecule has 27 heavy (non-hydrogen) atoms. The summed E-state index contributed by atoms with van der Waals surface area (Å²) in [5.74, 6) is 0. The number of nitro groups is 1. The minimum Gasteiger partial charge on any atom is -0.284 e. The third-order valence-electron chi connectivity index (χ3n) is 3.47. The van der Waals surface area contributed by atoms with Gasteiger partial charge in [-0.1, -0.05) is 24.3 Å². The Hall–Kier alpha value is -3.76. The second kappa shape index (κ2) is 6.86. The maximum absolute atomic E-state index is 13.3. The van der Waals surface area contributed by atoms with Crippen LogP contribution in [0, 0.1) is 10.1 Å². The summed E-state index contributed by atoms with van der Waals surface area (Å²) in [5, 5.41) is 19.7. The van der Waals surface area contributed by atoms with E-state index in [1.54, 1.807) is 18.2 Å². The number of hydrogen-bond donors (Lipinski definition) is 1. The Kier molecular flexibility index (Phi) is 4.59. The Bertz CT molecular complexity index is 1070. The van der Waals surface area contributed by atoms with Crippen molar-refractivity contribution in [3.8, 4) is 5.69 Å². The van der Waals surface area contributed by atoms with Crippen molar-refractivity contribution in [3.05, 3.63) is 80.8 Å². The van der Waals surface area contributed by atoms with Crippen molar-refractivity contribution in [2.24, 2.45) is 10.2 Å². The molecule has 0 aliphatic rings. The number of hydrogen-bond acceptors (Lipinski definition) is 5. The van der Waals surface area contributed by atoms with Crippen molar-refractivity contribution in [3.63, 3.8) is 0 Å². The van der Waals surface area contributed by atoms with Gasteiger partial charge in [0.2, 0.25) is 0 Å². The first-order valence-electron chi connectivity index (χ1n) is 7.41. The fourth-order valence-corrected chi connectivity index (χ4v) is 2.25. The number of H-pyrrole nitrogens is 1. The van der Waals surface area contributed by atoms with E-state index in [9.17, 15) is 28.1 Å². The van der Waals surface area contributed by atoms with Gasteiger partial charge in [-0.15, -0.1) is 5.11 Å². The zero-order valence-corrected chi connectivity index (χ0v) is 13.3. The van der Waals surface area contributed by atoms with E-state index >= 15 is 0 Å². The van der Waals surface area contributed by atoms with E-state index in [1.165, 1.54) is 30.3 Å². The molecule has 1 heterocycles. The van der Waals surface area contributed by atoms with Crippen LogP contribution >= 0.6 is 0 Å². The van der Waals surface area contributed by atoms with E-state index in [2.05, 4.69) is 10.2 Å². The van der Waals surface area contributed by atoms with Gasteiger partial charge in [-0.05, 0) is 18.2 Å². The average molecular weight is 377 g/mol. The van der Waals surface area contributed by atoms with Crippen LogP contribution in [0.5, 0.6) is 0 Å². The highest BCUT2D eigenvalue weighted by Crippen LogP contribution is 2.34. The highest BCUT2D eigenvalue weighted by molar-refractivity contribution is 5.49. The molecule has 0 saturated carbocycles. The Morgan fingerprint density at radius 3 is 2.37 bits per heavy atom. The van der Waals surface area contributed by atoms with Crippen molar-refractivity contribution >= 4 is 17.1 Å². The molecule has 0 amide bonds. The van der Waals surface area contributed by atoms with Gasteiger partial charge in [0.15, 0.2) is 11.4 Å². The van der Waals surface area contributed by atoms with Crippen LogP contribution in [0.3, 0.4) is 0 Å². The molecule has 0 unspecified atom stereocenters. The predicted octanol–water partition coefficient (Wildman–Crippen LogP) is 4.51. The number of halogens is 3. The quantitative estimate of drug-likeness (QED) is 0.411. The molecule has 0 atom stereocenters. The second-order valence-corrected chi connectivity index (χ2v) is 5.29. The zero-order valence-electron chi connectivity index (χ0n) is 13.3. The summed E-state index contributed by atoms with van der Waals surface area (Å²) in [6.07, 6.45) is -4.88. The first kappa shape index (κ1) is 18.0. The van der Waals surface area contributed by atoms with E-state index in [-0.39, 0.29) is 17.1 Å². The van der Waals surface area contributed by atoms with Gasteiger partial charge in [0, 0.05) is 12.1 Å². The van der Waals surface area contributed by atoms with Gasteiger partial charge >= 0.3 is 6.18 Å². The number of aromatic amines is 1. The van der Waals surface area contributed by atoms with Crippen molar-refractivity contribution in [2.45, 2.75) is 6.18 Å².